The van der Waals surface area contributed by atoms with Gasteiger partial charge in [-0.3, -0.25) is 9.36 Å². The molecule has 2 heterocycles. The van der Waals surface area contributed by atoms with Gasteiger partial charge >= 0.3 is 0 Å². The van der Waals surface area contributed by atoms with Crippen molar-refractivity contribution in [1.82, 2.24) is 9.55 Å². The number of thiophene rings is 1. The summed E-state index contributed by atoms with van der Waals surface area (Å²) in [5.41, 5.74) is 0.765. The predicted molar refractivity (Wildman–Crippen MR) is 91.3 cm³/mol. The fourth-order valence-corrected chi connectivity index (χ4v) is 3.39. The second-order valence-corrected chi connectivity index (χ2v) is 6.79. The monoisotopic (exact) mass is 348 g/mol. The quantitative estimate of drug-likeness (QED) is 0.770. The Bertz CT molecular complexity index is 918. The molecule has 1 aromatic carbocycles. The van der Waals surface area contributed by atoms with E-state index < -0.39 is 6.10 Å². The number of nitrogens with zero attached hydrogens (tertiary/aromatic N) is 2. The third kappa shape index (κ3) is 3.32. The Kier molecular flexibility index (Phi) is 4.64. The van der Waals surface area contributed by atoms with Gasteiger partial charge in [-0.15, -0.1) is 11.3 Å². The van der Waals surface area contributed by atoms with Gasteiger partial charge in [0.05, 0.1) is 18.3 Å². The molecule has 2 aromatic heterocycles. The third-order valence-electron chi connectivity index (χ3n) is 3.82. The second-order valence-electron chi connectivity index (χ2n) is 5.58. The van der Waals surface area contributed by atoms with Crippen molar-refractivity contribution in [2.45, 2.75) is 26.5 Å². The lowest BCUT2D eigenvalue weighted by atomic mass is 10.2. The Labute approximate surface area is 142 Å². The zero-order valence-electron chi connectivity index (χ0n) is 13.3. The molecule has 1 N–H and O–H groups in total. The van der Waals surface area contributed by atoms with Crippen molar-refractivity contribution in [2.24, 2.45) is 0 Å². The lowest BCUT2D eigenvalue weighted by Crippen LogP contribution is -2.30. The molecule has 0 aliphatic rings. The highest BCUT2D eigenvalue weighted by atomic mass is 32.1. The zero-order chi connectivity index (χ0) is 17.3. The maximum Gasteiger partial charge on any atom is 0.262 e. The molecule has 0 saturated heterocycles. The van der Waals surface area contributed by atoms with Gasteiger partial charge < -0.3 is 9.84 Å². The molecule has 24 heavy (non-hydrogen) atoms. The summed E-state index contributed by atoms with van der Waals surface area (Å²) in [5, 5.41) is 10.7. The molecule has 0 aliphatic heterocycles. The fraction of sp³-hybridized carbons (Fsp3) is 0.294. The van der Waals surface area contributed by atoms with Crippen LogP contribution in [0.25, 0.3) is 10.2 Å². The van der Waals surface area contributed by atoms with Crippen molar-refractivity contribution in [2.75, 3.05) is 6.61 Å². The highest BCUT2D eigenvalue weighted by Gasteiger charge is 2.14. The van der Waals surface area contributed by atoms with Crippen molar-refractivity contribution >= 4 is 21.6 Å². The van der Waals surface area contributed by atoms with Gasteiger partial charge in [-0.1, -0.05) is 0 Å². The van der Waals surface area contributed by atoms with E-state index in [4.69, 9.17) is 4.74 Å². The van der Waals surface area contributed by atoms with Crippen LogP contribution in [0.2, 0.25) is 0 Å². The summed E-state index contributed by atoms with van der Waals surface area (Å²) in [6.07, 6.45) is 0.563. The second kappa shape index (κ2) is 6.70. The summed E-state index contributed by atoms with van der Waals surface area (Å²) >= 11 is 1.49. The van der Waals surface area contributed by atoms with E-state index in [1.807, 2.05) is 13.8 Å². The van der Waals surface area contributed by atoms with Gasteiger partial charge in [0.15, 0.2) is 0 Å². The maximum absolute atomic E-state index is 12.8. The van der Waals surface area contributed by atoms with E-state index in [0.29, 0.717) is 16.0 Å². The van der Waals surface area contributed by atoms with Crippen LogP contribution in [0.15, 0.2) is 35.4 Å². The minimum absolute atomic E-state index is 0.00223. The van der Waals surface area contributed by atoms with Crippen molar-refractivity contribution < 1.29 is 14.2 Å². The van der Waals surface area contributed by atoms with Crippen molar-refractivity contribution in [3.63, 3.8) is 0 Å². The molecule has 1 atom stereocenters. The number of rotatable bonds is 5. The number of aliphatic hydroxyl groups is 1. The van der Waals surface area contributed by atoms with Crippen LogP contribution in [-0.2, 0) is 6.54 Å². The molecule has 0 fully saturated rings. The molecule has 5 nitrogen and oxygen atoms in total. The van der Waals surface area contributed by atoms with Crippen LogP contribution in [0, 0.1) is 19.7 Å². The van der Waals surface area contributed by atoms with Crippen LogP contribution in [0.4, 0.5) is 4.39 Å². The third-order valence-corrected chi connectivity index (χ3v) is 4.93. The lowest BCUT2D eigenvalue weighted by Gasteiger charge is -2.13. The average molecular weight is 348 g/mol. The van der Waals surface area contributed by atoms with Gasteiger partial charge in [-0.05, 0) is 43.7 Å². The number of aliphatic hydroxyl groups excluding tert-OH is 1. The smallest absolute Gasteiger partial charge is 0.262 e. The van der Waals surface area contributed by atoms with Crippen LogP contribution in [0.1, 0.15) is 10.4 Å². The molecular weight excluding hydrogens is 331 g/mol. The van der Waals surface area contributed by atoms with E-state index >= 15 is 0 Å². The van der Waals surface area contributed by atoms with Crippen LogP contribution >= 0.6 is 11.3 Å². The highest BCUT2D eigenvalue weighted by Crippen LogP contribution is 2.25. The maximum atomic E-state index is 12.8. The number of halogens is 1. The molecule has 0 aliphatic carbocycles. The average Bonchev–Trinajstić information content (AvgIpc) is 2.85. The van der Waals surface area contributed by atoms with E-state index in [1.165, 1.54) is 46.5 Å². The summed E-state index contributed by atoms with van der Waals surface area (Å²) in [4.78, 5) is 18.6. The van der Waals surface area contributed by atoms with Gasteiger partial charge in [-0.25, -0.2) is 9.37 Å². The Morgan fingerprint density at radius 3 is 2.75 bits per heavy atom. The summed E-state index contributed by atoms with van der Waals surface area (Å²) in [7, 11) is 0. The Morgan fingerprint density at radius 2 is 2.04 bits per heavy atom. The Morgan fingerprint density at radius 1 is 1.33 bits per heavy atom. The topological polar surface area (TPSA) is 64.3 Å². The molecule has 0 spiro atoms. The number of hydrogen-bond acceptors (Lipinski definition) is 5. The molecule has 0 radical (unpaired) electrons. The van der Waals surface area contributed by atoms with E-state index in [0.717, 1.165) is 10.4 Å². The van der Waals surface area contributed by atoms with Crippen LogP contribution < -0.4 is 10.3 Å². The number of fused-ring (bicyclic) bond motifs is 1. The molecule has 0 amide bonds. The summed E-state index contributed by atoms with van der Waals surface area (Å²) in [5.74, 6) is 0.107. The van der Waals surface area contributed by atoms with Crippen LogP contribution in [-0.4, -0.2) is 27.4 Å². The number of hydrogen-bond donors (Lipinski definition) is 1. The van der Waals surface area contributed by atoms with Crippen LogP contribution in [0.3, 0.4) is 0 Å². The van der Waals surface area contributed by atoms with Gasteiger partial charge in [0.2, 0.25) is 0 Å². The zero-order valence-corrected chi connectivity index (χ0v) is 14.1. The first-order valence-electron chi connectivity index (χ1n) is 7.47. The normalized spacial score (nSPS) is 12.5. The van der Waals surface area contributed by atoms with Crippen molar-refractivity contribution in [3.05, 3.63) is 57.2 Å². The Hall–Kier alpha value is -2.25. The van der Waals surface area contributed by atoms with Gasteiger partial charge in [-0.2, -0.15) is 0 Å². The van der Waals surface area contributed by atoms with E-state index in [9.17, 15) is 14.3 Å². The van der Waals surface area contributed by atoms with E-state index in [2.05, 4.69) is 4.98 Å². The first-order valence-corrected chi connectivity index (χ1v) is 8.29. The Balaban J connectivity index is 1.72. The predicted octanol–water partition coefficient (Wildman–Crippen LogP) is 2.65. The molecule has 1 unspecified atom stereocenters. The molecular formula is C17H17FN2O3S. The molecule has 3 rings (SSSR count). The minimum Gasteiger partial charge on any atom is -0.491 e. The first-order chi connectivity index (χ1) is 11.5. The summed E-state index contributed by atoms with van der Waals surface area (Å²) in [6.45, 7) is 3.93. The first kappa shape index (κ1) is 16.6. The van der Waals surface area contributed by atoms with Crippen molar-refractivity contribution in [1.29, 1.82) is 0 Å². The molecule has 7 heteroatoms. The largest absolute Gasteiger partial charge is 0.491 e. The van der Waals surface area contributed by atoms with E-state index in [-0.39, 0.29) is 24.5 Å². The van der Waals surface area contributed by atoms with Gasteiger partial charge in [0.1, 0.15) is 29.1 Å². The highest BCUT2D eigenvalue weighted by molar-refractivity contribution is 7.18. The molecule has 0 bridgehead atoms. The molecule has 126 valence electrons. The number of aryl methyl sites for hydroxylation is 2. The van der Waals surface area contributed by atoms with E-state index in [1.54, 1.807) is 0 Å². The number of aromatic nitrogens is 2. The standard InChI is InChI=1S/C17H17FN2O3S/c1-10-11(2)24-16-15(10)17(22)20(9-19-16)7-13(21)8-23-14-5-3-12(18)4-6-14/h3-6,9,13,21H,7-8H2,1-2H3. The number of ether oxygens (including phenoxy) is 1. The van der Waals surface area contributed by atoms with Crippen LogP contribution in [0.5, 0.6) is 5.75 Å². The minimum atomic E-state index is -0.882. The fourth-order valence-electron chi connectivity index (χ4n) is 2.40. The van der Waals surface area contributed by atoms with Gasteiger partial charge in [0.25, 0.3) is 5.56 Å². The SMILES string of the molecule is Cc1sc2ncn(CC(O)COc3ccc(F)cc3)c(=O)c2c1C. The molecule has 0 saturated carbocycles. The summed E-state index contributed by atoms with van der Waals surface area (Å²) < 4.78 is 19.6. The van der Waals surface area contributed by atoms with Crippen molar-refractivity contribution in [3.8, 4) is 5.75 Å². The van der Waals surface area contributed by atoms with Gasteiger partial charge in [0, 0.05) is 4.88 Å². The molecule has 3 aromatic rings. The lowest BCUT2D eigenvalue weighted by molar-refractivity contribution is 0.0914. The summed E-state index contributed by atoms with van der Waals surface area (Å²) in [6, 6.07) is 5.54. The number of benzene rings is 1.